The minimum absolute atomic E-state index is 0. The molecule has 0 aromatic rings. The molecule has 0 fully saturated rings. The third kappa shape index (κ3) is 10.7. The zero-order valence-electron chi connectivity index (χ0n) is 12.9. The van der Waals surface area contributed by atoms with Crippen molar-refractivity contribution in [2.75, 3.05) is 32.4 Å². The predicted octanol–water partition coefficient (Wildman–Crippen LogP) is 1.14. The van der Waals surface area contributed by atoms with Crippen molar-refractivity contribution >= 4 is 40.0 Å². The molecule has 0 bridgehead atoms. The Balaban J connectivity index is 0. The van der Waals surface area contributed by atoms with Crippen molar-refractivity contribution in [1.29, 1.82) is 0 Å². The lowest BCUT2D eigenvalue weighted by Gasteiger charge is -2.16. The number of hydrogen-bond donors (Lipinski definition) is 3. The summed E-state index contributed by atoms with van der Waals surface area (Å²) in [7, 11) is -1.40. The van der Waals surface area contributed by atoms with E-state index in [1.54, 1.807) is 14.0 Å². The molecule has 0 amide bonds. The van der Waals surface area contributed by atoms with Gasteiger partial charge in [0.2, 0.25) is 10.0 Å². The van der Waals surface area contributed by atoms with Gasteiger partial charge in [-0.2, -0.15) is 0 Å². The molecule has 0 atom stereocenters. The minimum atomic E-state index is -3.11. The van der Waals surface area contributed by atoms with Crippen LogP contribution >= 0.6 is 24.0 Å². The van der Waals surface area contributed by atoms with E-state index in [9.17, 15) is 8.42 Å². The molecule has 122 valence electrons. The summed E-state index contributed by atoms with van der Waals surface area (Å²) >= 11 is 0. The number of halogens is 1. The summed E-state index contributed by atoms with van der Waals surface area (Å²) in [6.07, 6.45) is 2.27. The van der Waals surface area contributed by atoms with Gasteiger partial charge in [-0.15, -0.1) is 24.0 Å². The Kier molecular flexibility index (Phi) is 14.0. The van der Waals surface area contributed by atoms with Gasteiger partial charge in [0, 0.05) is 26.7 Å². The first-order valence-corrected chi connectivity index (χ1v) is 8.56. The molecule has 0 aromatic carbocycles. The second-order valence-electron chi connectivity index (χ2n) is 4.36. The highest BCUT2D eigenvalue weighted by Crippen LogP contribution is 2.04. The molecule has 3 N–H and O–H groups in total. The molecule has 0 saturated carbocycles. The van der Waals surface area contributed by atoms with E-state index < -0.39 is 10.0 Å². The van der Waals surface area contributed by atoms with E-state index in [2.05, 4.69) is 34.2 Å². The molecule has 0 aliphatic carbocycles. The third-order valence-electron chi connectivity index (χ3n) is 3.06. The summed E-state index contributed by atoms with van der Waals surface area (Å²) in [6.45, 7) is 7.72. The molecular weight excluding hydrogens is 391 g/mol. The Morgan fingerprint density at radius 3 is 2.15 bits per heavy atom. The van der Waals surface area contributed by atoms with Crippen LogP contribution in [0.3, 0.4) is 0 Å². The molecule has 0 spiro atoms. The van der Waals surface area contributed by atoms with Gasteiger partial charge in [0.1, 0.15) is 0 Å². The van der Waals surface area contributed by atoms with Crippen molar-refractivity contribution in [1.82, 2.24) is 15.4 Å². The molecular formula is C12H29IN4O2S. The Bertz CT molecular complexity index is 356. The van der Waals surface area contributed by atoms with E-state index in [0.717, 1.165) is 19.4 Å². The number of aliphatic imine (C=N–C) groups is 1. The van der Waals surface area contributed by atoms with Crippen molar-refractivity contribution in [2.45, 2.75) is 33.6 Å². The fourth-order valence-corrected chi connectivity index (χ4v) is 2.15. The van der Waals surface area contributed by atoms with Crippen LogP contribution in [-0.4, -0.2) is 46.8 Å². The zero-order valence-corrected chi connectivity index (χ0v) is 16.0. The Hall–Kier alpha value is -0.0900. The topological polar surface area (TPSA) is 82.6 Å². The molecule has 6 nitrogen and oxygen atoms in total. The molecule has 0 radical (unpaired) electrons. The molecule has 0 heterocycles. The van der Waals surface area contributed by atoms with E-state index in [1.165, 1.54) is 0 Å². The first-order valence-electron chi connectivity index (χ1n) is 6.90. The number of sulfonamides is 1. The van der Waals surface area contributed by atoms with Crippen LogP contribution in [0.4, 0.5) is 0 Å². The summed E-state index contributed by atoms with van der Waals surface area (Å²) < 4.78 is 24.9. The van der Waals surface area contributed by atoms with Crippen LogP contribution in [0.5, 0.6) is 0 Å². The molecule has 0 aromatic heterocycles. The first-order chi connectivity index (χ1) is 8.99. The lowest BCUT2D eigenvalue weighted by molar-refractivity contribution is 0.481. The Morgan fingerprint density at radius 2 is 1.70 bits per heavy atom. The van der Waals surface area contributed by atoms with Crippen LogP contribution in [0.2, 0.25) is 0 Å². The highest BCUT2D eigenvalue weighted by atomic mass is 127. The molecule has 20 heavy (non-hydrogen) atoms. The van der Waals surface area contributed by atoms with Crippen molar-refractivity contribution in [3.8, 4) is 0 Å². The lowest BCUT2D eigenvalue weighted by atomic mass is 10.0. The lowest BCUT2D eigenvalue weighted by Crippen LogP contribution is -2.43. The predicted molar refractivity (Wildman–Crippen MR) is 96.3 cm³/mol. The third-order valence-corrected chi connectivity index (χ3v) is 4.46. The van der Waals surface area contributed by atoms with Crippen molar-refractivity contribution in [2.24, 2.45) is 10.9 Å². The fourth-order valence-electron chi connectivity index (χ4n) is 1.53. The largest absolute Gasteiger partial charge is 0.356 e. The monoisotopic (exact) mass is 420 g/mol. The number of nitrogens with one attached hydrogen (secondary N) is 3. The van der Waals surface area contributed by atoms with Crippen LogP contribution in [0.15, 0.2) is 4.99 Å². The second-order valence-corrected chi connectivity index (χ2v) is 6.46. The van der Waals surface area contributed by atoms with Gasteiger partial charge in [-0.25, -0.2) is 13.1 Å². The molecule has 0 saturated heterocycles. The fraction of sp³-hybridized carbons (Fsp3) is 0.917. The average Bonchev–Trinajstić information content (AvgIpc) is 2.42. The number of rotatable bonds is 9. The maximum absolute atomic E-state index is 11.2. The first kappa shape index (κ1) is 22.2. The van der Waals surface area contributed by atoms with E-state index in [0.29, 0.717) is 25.0 Å². The van der Waals surface area contributed by atoms with Crippen LogP contribution in [0.25, 0.3) is 0 Å². The van der Waals surface area contributed by atoms with E-state index >= 15 is 0 Å². The van der Waals surface area contributed by atoms with E-state index in [1.807, 2.05) is 0 Å². The maximum atomic E-state index is 11.2. The molecule has 0 aliphatic heterocycles. The highest BCUT2D eigenvalue weighted by molar-refractivity contribution is 14.0. The summed E-state index contributed by atoms with van der Waals surface area (Å²) in [5.74, 6) is 1.45. The summed E-state index contributed by atoms with van der Waals surface area (Å²) in [4.78, 5) is 4.10. The number of hydrogen-bond acceptors (Lipinski definition) is 3. The van der Waals surface area contributed by atoms with Gasteiger partial charge in [0.05, 0.1) is 5.75 Å². The molecule has 0 rings (SSSR count). The van der Waals surface area contributed by atoms with Crippen LogP contribution in [0, 0.1) is 5.92 Å². The normalized spacial score (nSPS) is 12.2. The average molecular weight is 420 g/mol. The van der Waals surface area contributed by atoms with Gasteiger partial charge >= 0.3 is 0 Å². The summed E-state index contributed by atoms with van der Waals surface area (Å²) in [5.41, 5.74) is 0. The maximum Gasteiger partial charge on any atom is 0.211 e. The number of nitrogens with zero attached hydrogens (tertiary/aromatic N) is 1. The summed E-state index contributed by atoms with van der Waals surface area (Å²) in [5, 5.41) is 6.33. The zero-order chi connectivity index (χ0) is 14.7. The van der Waals surface area contributed by atoms with Crippen molar-refractivity contribution < 1.29 is 8.42 Å². The van der Waals surface area contributed by atoms with Gasteiger partial charge in [0.15, 0.2) is 5.96 Å². The van der Waals surface area contributed by atoms with E-state index in [-0.39, 0.29) is 29.7 Å². The molecule has 0 aliphatic rings. The van der Waals surface area contributed by atoms with Crippen LogP contribution in [0.1, 0.15) is 33.6 Å². The summed E-state index contributed by atoms with van der Waals surface area (Å²) in [6, 6.07) is 0. The quantitative estimate of drug-likeness (QED) is 0.226. The highest BCUT2D eigenvalue weighted by Gasteiger charge is 2.06. The van der Waals surface area contributed by atoms with Crippen molar-refractivity contribution in [3.05, 3.63) is 0 Å². The Morgan fingerprint density at radius 1 is 1.10 bits per heavy atom. The van der Waals surface area contributed by atoms with Crippen LogP contribution < -0.4 is 15.4 Å². The van der Waals surface area contributed by atoms with Gasteiger partial charge < -0.3 is 10.6 Å². The van der Waals surface area contributed by atoms with Crippen molar-refractivity contribution in [3.63, 3.8) is 0 Å². The smallest absolute Gasteiger partial charge is 0.211 e. The standard InChI is InChI=1S/C12H28N4O2S.HI/c1-5-11(6-2)10-15-12(13-4)14-8-9-16-19(17,18)7-3;/h11,16H,5-10H2,1-4H3,(H2,13,14,15);1H. The second kappa shape index (κ2) is 12.6. The minimum Gasteiger partial charge on any atom is -0.356 e. The van der Waals surface area contributed by atoms with Gasteiger partial charge in [-0.1, -0.05) is 26.7 Å². The molecule has 8 heteroatoms. The molecule has 0 unspecified atom stereocenters. The van der Waals surface area contributed by atoms with Gasteiger partial charge in [-0.3, -0.25) is 4.99 Å². The van der Waals surface area contributed by atoms with Crippen LogP contribution in [-0.2, 0) is 10.0 Å². The van der Waals surface area contributed by atoms with Gasteiger partial charge in [-0.05, 0) is 12.8 Å². The van der Waals surface area contributed by atoms with E-state index in [4.69, 9.17) is 0 Å². The SMILES string of the molecule is CCC(CC)CNC(=NC)NCCNS(=O)(=O)CC.I. The number of guanidine groups is 1. The Labute approximate surface area is 140 Å². The van der Waals surface area contributed by atoms with Gasteiger partial charge in [0.25, 0.3) is 0 Å².